The van der Waals surface area contributed by atoms with E-state index in [1.165, 1.54) is 38.5 Å². The molecule has 0 aliphatic carbocycles. The third kappa shape index (κ3) is 7.81. The molecular weight excluding hydrogens is 206 g/mol. The molecular formula is C16H35N. The van der Waals surface area contributed by atoms with E-state index in [-0.39, 0.29) is 0 Å². The normalized spacial score (nSPS) is 18.7. The van der Waals surface area contributed by atoms with Crippen molar-refractivity contribution in [3.63, 3.8) is 0 Å². The highest BCUT2D eigenvalue weighted by molar-refractivity contribution is 4.72. The molecule has 0 spiro atoms. The van der Waals surface area contributed by atoms with Crippen molar-refractivity contribution in [3.8, 4) is 0 Å². The van der Waals surface area contributed by atoms with Gasteiger partial charge in [0.2, 0.25) is 0 Å². The highest BCUT2D eigenvalue weighted by Gasteiger charge is 2.17. The molecule has 0 saturated heterocycles. The Balaban J connectivity index is 3.60. The van der Waals surface area contributed by atoms with Crippen LogP contribution in [0.15, 0.2) is 0 Å². The van der Waals surface area contributed by atoms with Crippen LogP contribution < -0.4 is 5.32 Å². The van der Waals surface area contributed by atoms with E-state index in [1.807, 2.05) is 0 Å². The summed E-state index contributed by atoms with van der Waals surface area (Å²) in [6.45, 7) is 11.8. The van der Waals surface area contributed by atoms with Crippen LogP contribution in [0.3, 0.4) is 0 Å². The highest BCUT2D eigenvalue weighted by atomic mass is 14.9. The highest BCUT2D eigenvalue weighted by Crippen LogP contribution is 2.22. The van der Waals surface area contributed by atoms with Gasteiger partial charge in [0.05, 0.1) is 0 Å². The van der Waals surface area contributed by atoms with Gasteiger partial charge < -0.3 is 5.32 Å². The monoisotopic (exact) mass is 241 g/mol. The second-order valence-electron chi connectivity index (χ2n) is 6.09. The van der Waals surface area contributed by atoms with Gasteiger partial charge in [-0.2, -0.15) is 0 Å². The molecule has 4 unspecified atom stereocenters. The Morgan fingerprint density at radius 2 is 1.47 bits per heavy atom. The Morgan fingerprint density at radius 3 is 2.00 bits per heavy atom. The molecule has 0 aromatic rings. The molecule has 0 radical (unpaired) electrons. The molecule has 0 aliphatic rings. The molecule has 0 heterocycles. The Hall–Kier alpha value is -0.0400. The first-order chi connectivity index (χ1) is 8.02. The predicted octanol–water partition coefficient (Wildman–Crippen LogP) is 4.86. The fourth-order valence-corrected chi connectivity index (χ4v) is 2.61. The van der Waals surface area contributed by atoms with Gasteiger partial charge in [-0.05, 0) is 31.7 Å². The van der Waals surface area contributed by atoms with E-state index in [9.17, 15) is 0 Å². The predicted molar refractivity (Wildman–Crippen MR) is 79.4 cm³/mol. The zero-order valence-electron chi connectivity index (χ0n) is 13.1. The minimum absolute atomic E-state index is 0.643. The van der Waals surface area contributed by atoms with Crippen molar-refractivity contribution in [2.75, 3.05) is 7.05 Å². The molecule has 0 rings (SSSR count). The molecule has 1 N–H and O–H groups in total. The Bertz CT molecular complexity index is 167. The quantitative estimate of drug-likeness (QED) is 0.538. The summed E-state index contributed by atoms with van der Waals surface area (Å²) in [7, 11) is 2.07. The van der Waals surface area contributed by atoms with Crippen LogP contribution in [0.2, 0.25) is 0 Å². The maximum atomic E-state index is 3.37. The maximum absolute atomic E-state index is 3.37. The number of unbranched alkanes of at least 4 members (excludes halogenated alkanes) is 1. The molecule has 0 amide bonds. The van der Waals surface area contributed by atoms with E-state index in [4.69, 9.17) is 0 Å². The lowest BCUT2D eigenvalue weighted by Crippen LogP contribution is -2.32. The van der Waals surface area contributed by atoms with Crippen molar-refractivity contribution in [2.45, 2.75) is 79.2 Å². The van der Waals surface area contributed by atoms with Crippen molar-refractivity contribution in [1.29, 1.82) is 0 Å². The van der Waals surface area contributed by atoms with Crippen LogP contribution in [0.5, 0.6) is 0 Å². The van der Waals surface area contributed by atoms with Crippen LogP contribution in [0.25, 0.3) is 0 Å². The molecule has 1 heteroatoms. The van der Waals surface area contributed by atoms with E-state index in [0.29, 0.717) is 6.04 Å². The summed E-state index contributed by atoms with van der Waals surface area (Å²) in [6, 6.07) is 0.643. The summed E-state index contributed by atoms with van der Waals surface area (Å²) in [6.07, 6.45) is 8.40. The topological polar surface area (TPSA) is 12.0 Å². The molecule has 17 heavy (non-hydrogen) atoms. The molecule has 0 bridgehead atoms. The average molecular weight is 241 g/mol. The van der Waals surface area contributed by atoms with Crippen molar-refractivity contribution >= 4 is 0 Å². The van der Waals surface area contributed by atoms with Crippen LogP contribution in [0.1, 0.15) is 73.1 Å². The summed E-state index contributed by atoms with van der Waals surface area (Å²) in [5.74, 6) is 2.57. The lowest BCUT2D eigenvalue weighted by molar-refractivity contribution is 0.285. The summed E-state index contributed by atoms with van der Waals surface area (Å²) < 4.78 is 0. The fraction of sp³-hybridized carbons (Fsp3) is 1.00. The third-order valence-corrected chi connectivity index (χ3v) is 4.53. The zero-order valence-corrected chi connectivity index (χ0v) is 13.1. The number of nitrogens with one attached hydrogen (secondary N) is 1. The van der Waals surface area contributed by atoms with Gasteiger partial charge in [0.1, 0.15) is 0 Å². The fourth-order valence-electron chi connectivity index (χ4n) is 2.61. The van der Waals surface area contributed by atoms with Crippen LogP contribution in [-0.4, -0.2) is 13.1 Å². The molecule has 1 nitrogen and oxygen atoms in total. The Kier molecular flexibility index (Phi) is 9.91. The molecule has 0 aromatic heterocycles. The molecule has 0 fully saturated rings. The maximum Gasteiger partial charge on any atom is 0.00639 e. The van der Waals surface area contributed by atoms with Crippen molar-refractivity contribution < 1.29 is 0 Å². The second-order valence-corrected chi connectivity index (χ2v) is 6.09. The molecule has 0 saturated carbocycles. The van der Waals surface area contributed by atoms with E-state index < -0.39 is 0 Å². The number of hydrogen-bond acceptors (Lipinski definition) is 1. The minimum atomic E-state index is 0.643. The van der Waals surface area contributed by atoms with Gasteiger partial charge in [-0.25, -0.2) is 0 Å². The van der Waals surface area contributed by atoms with Crippen molar-refractivity contribution in [2.24, 2.45) is 17.8 Å². The first kappa shape index (κ1) is 17.0. The minimum Gasteiger partial charge on any atom is -0.317 e. The lowest BCUT2D eigenvalue weighted by atomic mass is 9.85. The summed E-state index contributed by atoms with van der Waals surface area (Å²) in [4.78, 5) is 0. The van der Waals surface area contributed by atoms with Crippen molar-refractivity contribution in [1.82, 2.24) is 5.32 Å². The van der Waals surface area contributed by atoms with Gasteiger partial charge >= 0.3 is 0 Å². The van der Waals surface area contributed by atoms with Gasteiger partial charge in [-0.1, -0.05) is 66.2 Å². The van der Waals surface area contributed by atoms with Gasteiger partial charge in [0, 0.05) is 6.04 Å². The average Bonchev–Trinajstić information content (AvgIpc) is 2.32. The van der Waals surface area contributed by atoms with Gasteiger partial charge in [0.25, 0.3) is 0 Å². The van der Waals surface area contributed by atoms with Gasteiger partial charge in [0.15, 0.2) is 0 Å². The van der Waals surface area contributed by atoms with Gasteiger partial charge in [-0.3, -0.25) is 0 Å². The summed E-state index contributed by atoms with van der Waals surface area (Å²) in [5.41, 5.74) is 0. The van der Waals surface area contributed by atoms with Crippen LogP contribution in [-0.2, 0) is 0 Å². The van der Waals surface area contributed by atoms with Gasteiger partial charge in [-0.15, -0.1) is 0 Å². The lowest BCUT2D eigenvalue weighted by Gasteiger charge is -2.26. The Labute approximate surface area is 110 Å². The van der Waals surface area contributed by atoms with Crippen molar-refractivity contribution in [3.05, 3.63) is 0 Å². The smallest absolute Gasteiger partial charge is 0.00639 e. The van der Waals surface area contributed by atoms with Crippen LogP contribution >= 0.6 is 0 Å². The van der Waals surface area contributed by atoms with E-state index in [1.54, 1.807) is 0 Å². The standard InChI is InChI=1S/C16H35N/c1-7-10-13(2)11-8-9-12-14(3)15(4)16(5)17-6/h13-17H,7-12H2,1-6H3. The SMILES string of the molecule is CCCC(C)CCCCC(C)C(C)C(C)NC. The number of rotatable bonds is 10. The number of hydrogen-bond donors (Lipinski definition) is 1. The van der Waals surface area contributed by atoms with Crippen LogP contribution in [0.4, 0.5) is 0 Å². The first-order valence-electron chi connectivity index (χ1n) is 7.70. The summed E-state index contributed by atoms with van der Waals surface area (Å²) in [5, 5.41) is 3.37. The summed E-state index contributed by atoms with van der Waals surface area (Å²) >= 11 is 0. The first-order valence-corrected chi connectivity index (χ1v) is 7.70. The zero-order chi connectivity index (χ0) is 13.3. The second kappa shape index (κ2) is 9.94. The molecule has 104 valence electrons. The molecule has 4 atom stereocenters. The van der Waals surface area contributed by atoms with E-state index >= 15 is 0 Å². The molecule has 0 aromatic carbocycles. The van der Waals surface area contributed by atoms with E-state index in [0.717, 1.165) is 17.8 Å². The van der Waals surface area contributed by atoms with E-state index in [2.05, 4.69) is 47.0 Å². The largest absolute Gasteiger partial charge is 0.317 e. The third-order valence-electron chi connectivity index (χ3n) is 4.53. The Morgan fingerprint density at radius 1 is 0.882 bits per heavy atom. The molecule has 0 aliphatic heterocycles. The van der Waals surface area contributed by atoms with Crippen LogP contribution in [0, 0.1) is 17.8 Å².